The van der Waals surface area contributed by atoms with Crippen LogP contribution in [0.1, 0.15) is 24.6 Å². The lowest BCUT2D eigenvalue weighted by Gasteiger charge is -2.21. The lowest BCUT2D eigenvalue weighted by Crippen LogP contribution is -2.39. The van der Waals surface area contributed by atoms with E-state index in [1.165, 1.54) is 4.90 Å². The van der Waals surface area contributed by atoms with Gasteiger partial charge in [0.15, 0.2) is 0 Å². The molecule has 1 aromatic heterocycles. The zero-order valence-electron chi connectivity index (χ0n) is 15.4. The highest BCUT2D eigenvalue weighted by Crippen LogP contribution is 2.28. The Labute approximate surface area is 158 Å². The predicted molar refractivity (Wildman–Crippen MR) is 101 cm³/mol. The maximum atomic E-state index is 13.0. The molecule has 3 rings (SSSR count). The molecule has 1 aliphatic rings. The second-order valence-electron chi connectivity index (χ2n) is 6.41. The van der Waals surface area contributed by atoms with E-state index in [0.717, 1.165) is 10.5 Å². The van der Waals surface area contributed by atoms with Crippen molar-refractivity contribution in [2.75, 3.05) is 11.4 Å². The van der Waals surface area contributed by atoms with E-state index in [-0.39, 0.29) is 18.9 Å². The maximum absolute atomic E-state index is 13.0. The minimum Gasteiger partial charge on any atom is -0.356 e. The molecule has 7 nitrogen and oxygen atoms in total. The molecule has 140 valence electrons. The van der Waals surface area contributed by atoms with E-state index in [1.807, 2.05) is 32.0 Å². The van der Waals surface area contributed by atoms with Crippen LogP contribution in [-0.2, 0) is 16.1 Å². The van der Waals surface area contributed by atoms with Gasteiger partial charge in [0, 0.05) is 12.7 Å². The molecule has 1 aromatic carbocycles. The third-order valence-electron chi connectivity index (χ3n) is 4.42. The monoisotopic (exact) mass is 366 g/mol. The van der Waals surface area contributed by atoms with Crippen molar-refractivity contribution in [3.05, 3.63) is 59.9 Å². The number of carbonyl (C=O) groups is 3. The molecule has 4 amide bonds. The number of hydrogen-bond donors (Lipinski definition) is 1. The molecule has 0 aliphatic carbocycles. The van der Waals surface area contributed by atoms with Crippen molar-refractivity contribution in [1.82, 2.24) is 15.2 Å². The average Bonchev–Trinajstić information content (AvgIpc) is 2.88. The fraction of sp³-hybridized carbons (Fsp3) is 0.300. The number of pyridine rings is 1. The number of carbonyl (C=O) groups excluding carboxylic acids is 3. The number of aromatic nitrogens is 1. The molecule has 0 bridgehead atoms. The molecule has 1 fully saturated rings. The molecule has 2 aromatic rings. The van der Waals surface area contributed by atoms with E-state index in [9.17, 15) is 14.4 Å². The number of nitrogens with one attached hydrogen (secondary N) is 1. The van der Waals surface area contributed by atoms with Crippen molar-refractivity contribution < 1.29 is 14.4 Å². The first-order chi connectivity index (χ1) is 13.0. The summed E-state index contributed by atoms with van der Waals surface area (Å²) in [5.74, 6) is -0.661. The molecule has 0 saturated carbocycles. The molecule has 0 radical (unpaired) electrons. The number of anilines is 1. The first-order valence-electron chi connectivity index (χ1n) is 8.89. The fourth-order valence-electron chi connectivity index (χ4n) is 3.06. The van der Waals surface area contributed by atoms with Gasteiger partial charge >= 0.3 is 6.03 Å². The molecule has 2 heterocycles. The highest BCUT2D eigenvalue weighted by molar-refractivity contribution is 6.22. The largest absolute Gasteiger partial charge is 0.356 e. The summed E-state index contributed by atoms with van der Waals surface area (Å²) in [5, 5.41) is 2.69. The first kappa shape index (κ1) is 18.6. The number of imide groups is 1. The lowest BCUT2D eigenvalue weighted by molar-refractivity contribution is -0.127. The summed E-state index contributed by atoms with van der Waals surface area (Å²) in [5.41, 5.74) is 2.19. The molecule has 27 heavy (non-hydrogen) atoms. The zero-order valence-corrected chi connectivity index (χ0v) is 15.4. The van der Waals surface area contributed by atoms with E-state index in [1.54, 1.807) is 30.5 Å². The molecule has 0 spiro atoms. The number of rotatable bonds is 6. The van der Waals surface area contributed by atoms with Crippen LogP contribution in [0.5, 0.6) is 0 Å². The first-order valence-corrected chi connectivity index (χ1v) is 8.89. The Morgan fingerprint density at radius 1 is 1.15 bits per heavy atom. The van der Waals surface area contributed by atoms with Crippen LogP contribution in [0.2, 0.25) is 0 Å². The summed E-state index contributed by atoms with van der Waals surface area (Å²) in [7, 11) is 0. The molecule has 7 heteroatoms. The van der Waals surface area contributed by atoms with Gasteiger partial charge in [-0.3, -0.25) is 14.6 Å². The van der Waals surface area contributed by atoms with Crippen LogP contribution in [0.4, 0.5) is 10.5 Å². The van der Waals surface area contributed by atoms with Gasteiger partial charge in [-0.05, 0) is 38.1 Å². The number of hydrogen-bond acceptors (Lipinski definition) is 4. The molecule has 0 unspecified atom stereocenters. The van der Waals surface area contributed by atoms with Gasteiger partial charge in [-0.2, -0.15) is 0 Å². The Morgan fingerprint density at radius 3 is 2.52 bits per heavy atom. The van der Waals surface area contributed by atoms with Gasteiger partial charge in [-0.25, -0.2) is 9.69 Å². The third kappa shape index (κ3) is 3.97. The Balaban J connectivity index is 1.91. The van der Waals surface area contributed by atoms with Crippen molar-refractivity contribution in [3.8, 4) is 0 Å². The third-order valence-corrected chi connectivity index (χ3v) is 4.42. The van der Waals surface area contributed by atoms with Crippen LogP contribution < -0.4 is 10.2 Å². The van der Waals surface area contributed by atoms with Gasteiger partial charge in [-0.1, -0.05) is 23.8 Å². The summed E-state index contributed by atoms with van der Waals surface area (Å²) in [6, 6.07) is 11.3. The Bertz CT molecular complexity index is 836. The molecular weight excluding hydrogens is 344 g/mol. The van der Waals surface area contributed by atoms with Crippen molar-refractivity contribution in [3.63, 3.8) is 0 Å². The maximum Gasteiger partial charge on any atom is 0.332 e. The molecule has 1 saturated heterocycles. The average molecular weight is 366 g/mol. The lowest BCUT2D eigenvalue weighted by atomic mass is 10.1. The van der Waals surface area contributed by atoms with Gasteiger partial charge in [0.1, 0.15) is 6.04 Å². The van der Waals surface area contributed by atoms with E-state index in [0.29, 0.717) is 17.9 Å². The molecular formula is C20H22N4O3. The van der Waals surface area contributed by atoms with Crippen LogP contribution >= 0.6 is 0 Å². The minimum atomic E-state index is -0.854. The van der Waals surface area contributed by atoms with Crippen LogP contribution in [0.3, 0.4) is 0 Å². The van der Waals surface area contributed by atoms with E-state index < -0.39 is 18.0 Å². The van der Waals surface area contributed by atoms with Crippen molar-refractivity contribution >= 4 is 23.5 Å². The number of benzene rings is 1. The topological polar surface area (TPSA) is 82.6 Å². The highest BCUT2D eigenvalue weighted by Gasteiger charge is 2.46. The zero-order chi connectivity index (χ0) is 19.4. The van der Waals surface area contributed by atoms with Gasteiger partial charge < -0.3 is 10.2 Å². The van der Waals surface area contributed by atoms with Crippen LogP contribution in [-0.4, -0.2) is 40.3 Å². The quantitative estimate of drug-likeness (QED) is 0.795. The molecule has 1 atom stereocenters. The summed E-state index contributed by atoms with van der Waals surface area (Å²) >= 11 is 0. The number of nitrogens with zero attached hydrogens (tertiary/aromatic N) is 3. The Kier molecular flexibility index (Phi) is 5.49. The summed E-state index contributed by atoms with van der Waals surface area (Å²) in [4.78, 5) is 44.9. The Morgan fingerprint density at radius 2 is 1.89 bits per heavy atom. The second-order valence-corrected chi connectivity index (χ2v) is 6.41. The van der Waals surface area contributed by atoms with Crippen LogP contribution in [0, 0.1) is 6.92 Å². The van der Waals surface area contributed by atoms with Crippen molar-refractivity contribution in [1.29, 1.82) is 0 Å². The smallest absolute Gasteiger partial charge is 0.332 e. The minimum absolute atomic E-state index is 0.0758. The van der Waals surface area contributed by atoms with Gasteiger partial charge in [0.25, 0.3) is 5.91 Å². The van der Waals surface area contributed by atoms with E-state index in [4.69, 9.17) is 0 Å². The van der Waals surface area contributed by atoms with Crippen LogP contribution in [0.25, 0.3) is 0 Å². The molecule has 1 N–H and O–H groups in total. The Hall–Kier alpha value is -3.22. The number of amides is 4. The van der Waals surface area contributed by atoms with Crippen molar-refractivity contribution in [2.45, 2.75) is 32.9 Å². The summed E-state index contributed by atoms with van der Waals surface area (Å²) in [6.45, 7) is 4.37. The SMILES string of the molecule is CCNC(=O)C[C@@H]1C(=O)N(c2ccc(C)cc2)C(=O)N1Cc1ccccn1. The fourth-order valence-corrected chi connectivity index (χ4v) is 3.06. The van der Waals surface area contributed by atoms with Gasteiger partial charge in [0.05, 0.1) is 24.3 Å². The standard InChI is InChI=1S/C20H22N4O3/c1-3-21-18(25)12-17-19(26)24(16-9-7-14(2)8-10-16)20(27)23(17)13-15-6-4-5-11-22-15/h4-11,17H,3,12-13H2,1-2H3,(H,21,25)/t17-/m1/s1. The summed E-state index contributed by atoms with van der Waals surface area (Å²) < 4.78 is 0. The highest BCUT2D eigenvalue weighted by atomic mass is 16.2. The number of urea groups is 1. The van der Waals surface area contributed by atoms with Gasteiger partial charge in [-0.15, -0.1) is 0 Å². The van der Waals surface area contributed by atoms with Crippen molar-refractivity contribution in [2.24, 2.45) is 0 Å². The van der Waals surface area contributed by atoms with E-state index in [2.05, 4.69) is 10.3 Å². The molecule has 1 aliphatic heterocycles. The summed E-state index contributed by atoms with van der Waals surface area (Å²) in [6.07, 6.45) is 1.56. The predicted octanol–water partition coefficient (Wildman–Crippen LogP) is 2.25. The van der Waals surface area contributed by atoms with E-state index >= 15 is 0 Å². The number of aryl methyl sites for hydroxylation is 1. The normalized spacial score (nSPS) is 16.7. The second kappa shape index (κ2) is 7.99. The van der Waals surface area contributed by atoms with Gasteiger partial charge in [0.2, 0.25) is 5.91 Å². The van der Waals surface area contributed by atoms with Crippen LogP contribution in [0.15, 0.2) is 48.7 Å².